The molecule has 1 saturated heterocycles. The third-order valence-electron chi connectivity index (χ3n) is 2.93. The molecule has 8 heteroatoms. The zero-order chi connectivity index (χ0) is 14.7. The summed E-state index contributed by atoms with van der Waals surface area (Å²) >= 11 is 0. The summed E-state index contributed by atoms with van der Waals surface area (Å²) in [6, 6.07) is 0.839. The maximum atomic E-state index is 13.5. The lowest BCUT2D eigenvalue weighted by Gasteiger charge is -2.09. The number of nitro benzene ring substituents is 1. The number of esters is 1. The minimum Gasteiger partial charge on any atom is -0.462 e. The van der Waals surface area contributed by atoms with Gasteiger partial charge in [-0.15, -0.1) is 0 Å². The summed E-state index contributed by atoms with van der Waals surface area (Å²) in [5.74, 6) is -3.49. The Labute approximate surface area is 112 Å². The highest BCUT2D eigenvalue weighted by atomic mass is 19.1. The van der Waals surface area contributed by atoms with E-state index in [1.807, 2.05) is 0 Å². The molecule has 20 heavy (non-hydrogen) atoms. The molecule has 0 bridgehead atoms. The molecule has 1 aliphatic heterocycles. The minimum absolute atomic E-state index is 0.0323. The van der Waals surface area contributed by atoms with Crippen molar-refractivity contribution >= 4 is 11.7 Å². The van der Waals surface area contributed by atoms with Crippen molar-refractivity contribution < 1.29 is 28.0 Å². The molecule has 0 spiro atoms. The molecule has 0 radical (unpaired) electrons. The molecule has 1 fully saturated rings. The van der Waals surface area contributed by atoms with Crippen LogP contribution in [0.4, 0.5) is 14.5 Å². The molecule has 1 heterocycles. The number of nitrogens with zero attached hydrogens (tertiary/aromatic N) is 1. The molecule has 2 rings (SSSR count). The molecule has 0 N–H and O–H groups in total. The van der Waals surface area contributed by atoms with E-state index >= 15 is 0 Å². The Hall–Kier alpha value is -2.09. The van der Waals surface area contributed by atoms with Crippen LogP contribution in [-0.4, -0.2) is 30.7 Å². The fourth-order valence-electron chi connectivity index (χ4n) is 1.82. The Morgan fingerprint density at radius 2 is 2.20 bits per heavy atom. The second kappa shape index (κ2) is 5.91. The predicted octanol–water partition coefficient (Wildman–Crippen LogP) is 2.07. The van der Waals surface area contributed by atoms with Crippen LogP contribution in [0, 0.1) is 27.7 Å². The highest BCUT2D eigenvalue weighted by Crippen LogP contribution is 2.22. The zero-order valence-corrected chi connectivity index (χ0v) is 10.3. The molecular formula is C12H11F2NO5. The smallest absolute Gasteiger partial charge is 0.341 e. The molecule has 108 valence electrons. The van der Waals surface area contributed by atoms with E-state index in [0.717, 1.165) is 6.42 Å². The van der Waals surface area contributed by atoms with Gasteiger partial charge < -0.3 is 9.47 Å². The second-order valence-corrected chi connectivity index (χ2v) is 4.37. The third kappa shape index (κ3) is 3.08. The van der Waals surface area contributed by atoms with E-state index in [4.69, 9.17) is 9.47 Å². The molecule has 1 aliphatic rings. The second-order valence-electron chi connectivity index (χ2n) is 4.37. The number of hydrogen-bond acceptors (Lipinski definition) is 5. The van der Waals surface area contributed by atoms with Gasteiger partial charge in [-0.2, -0.15) is 4.39 Å². The number of nitro groups is 1. The van der Waals surface area contributed by atoms with Crippen LogP contribution in [-0.2, 0) is 9.47 Å². The van der Waals surface area contributed by atoms with Crippen LogP contribution in [0.25, 0.3) is 0 Å². The number of benzene rings is 1. The Bertz CT molecular complexity index is 543. The van der Waals surface area contributed by atoms with Crippen molar-refractivity contribution in [3.63, 3.8) is 0 Å². The van der Waals surface area contributed by atoms with E-state index in [1.54, 1.807) is 0 Å². The Kier molecular flexibility index (Phi) is 4.23. The number of halogens is 2. The first-order chi connectivity index (χ1) is 9.49. The van der Waals surface area contributed by atoms with Crippen LogP contribution in [0.1, 0.15) is 16.8 Å². The van der Waals surface area contributed by atoms with Crippen LogP contribution in [0.3, 0.4) is 0 Å². The summed E-state index contributed by atoms with van der Waals surface area (Å²) in [4.78, 5) is 21.0. The lowest BCUT2D eigenvalue weighted by atomic mass is 10.1. The van der Waals surface area contributed by atoms with E-state index < -0.39 is 33.8 Å². The van der Waals surface area contributed by atoms with Crippen LogP contribution in [0.2, 0.25) is 0 Å². The van der Waals surface area contributed by atoms with Gasteiger partial charge in [-0.1, -0.05) is 0 Å². The van der Waals surface area contributed by atoms with Gasteiger partial charge in [-0.25, -0.2) is 9.18 Å². The molecule has 0 amide bonds. The molecule has 6 nitrogen and oxygen atoms in total. The summed E-state index contributed by atoms with van der Waals surface area (Å²) < 4.78 is 36.8. The largest absolute Gasteiger partial charge is 0.462 e. The average molecular weight is 287 g/mol. The van der Waals surface area contributed by atoms with Gasteiger partial charge in [0.2, 0.25) is 5.82 Å². The van der Waals surface area contributed by atoms with Crippen molar-refractivity contribution in [1.82, 2.24) is 0 Å². The highest BCUT2D eigenvalue weighted by molar-refractivity contribution is 5.90. The Balaban J connectivity index is 2.09. The van der Waals surface area contributed by atoms with Gasteiger partial charge in [0.05, 0.1) is 29.8 Å². The quantitative estimate of drug-likeness (QED) is 0.481. The molecular weight excluding hydrogens is 276 g/mol. The number of carbonyl (C=O) groups is 1. The van der Waals surface area contributed by atoms with Crippen molar-refractivity contribution in [2.45, 2.75) is 6.42 Å². The van der Waals surface area contributed by atoms with Gasteiger partial charge in [0.15, 0.2) is 0 Å². The monoisotopic (exact) mass is 287 g/mol. The summed E-state index contributed by atoms with van der Waals surface area (Å²) in [6.07, 6.45) is 0.727. The van der Waals surface area contributed by atoms with Gasteiger partial charge in [-0.05, 0) is 12.5 Å². The van der Waals surface area contributed by atoms with Crippen molar-refractivity contribution in [2.24, 2.45) is 5.92 Å². The fraction of sp³-hybridized carbons (Fsp3) is 0.417. The van der Waals surface area contributed by atoms with E-state index in [2.05, 4.69) is 0 Å². The summed E-state index contributed by atoms with van der Waals surface area (Å²) in [7, 11) is 0. The summed E-state index contributed by atoms with van der Waals surface area (Å²) in [5, 5.41) is 10.4. The van der Waals surface area contributed by atoms with E-state index in [-0.39, 0.29) is 12.5 Å². The lowest BCUT2D eigenvalue weighted by Crippen LogP contribution is -2.15. The first-order valence-electron chi connectivity index (χ1n) is 5.87. The molecule has 0 saturated carbocycles. The number of carbonyl (C=O) groups excluding carboxylic acids is 1. The predicted molar refractivity (Wildman–Crippen MR) is 62.2 cm³/mol. The van der Waals surface area contributed by atoms with Crippen molar-refractivity contribution in [3.8, 4) is 0 Å². The van der Waals surface area contributed by atoms with Gasteiger partial charge in [0.25, 0.3) is 0 Å². The standard InChI is InChI=1S/C12H11F2NO5/c13-9-4-11(15(17)18)10(14)3-8(9)12(16)20-6-7-1-2-19-5-7/h3-4,7H,1-2,5-6H2. The van der Waals surface area contributed by atoms with Gasteiger partial charge in [0, 0.05) is 12.5 Å². The van der Waals surface area contributed by atoms with Gasteiger partial charge >= 0.3 is 11.7 Å². The summed E-state index contributed by atoms with van der Waals surface area (Å²) in [6.45, 7) is 1.06. The average Bonchev–Trinajstić information content (AvgIpc) is 2.91. The van der Waals surface area contributed by atoms with Crippen LogP contribution >= 0.6 is 0 Å². The molecule has 1 aromatic rings. The zero-order valence-electron chi connectivity index (χ0n) is 10.3. The molecule has 0 aromatic heterocycles. The third-order valence-corrected chi connectivity index (χ3v) is 2.93. The van der Waals surface area contributed by atoms with Crippen LogP contribution < -0.4 is 0 Å². The first kappa shape index (κ1) is 14.3. The topological polar surface area (TPSA) is 78.7 Å². The van der Waals surface area contributed by atoms with Crippen LogP contribution in [0.15, 0.2) is 12.1 Å². The number of hydrogen-bond donors (Lipinski definition) is 0. The Morgan fingerprint density at radius 3 is 2.80 bits per heavy atom. The molecule has 1 unspecified atom stereocenters. The Morgan fingerprint density at radius 1 is 1.45 bits per heavy atom. The summed E-state index contributed by atoms with van der Waals surface area (Å²) in [5.41, 5.74) is -1.68. The van der Waals surface area contributed by atoms with Crippen molar-refractivity contribution in [1.29, 1.82) is 0 Å². The highest BCUT2D eigenvalue weighted by Gasteiger charge is 2.24. The normalized spacial score (nSPS) is 18.0. The molecule has 0 aliphatic carbocycles. The van der Waals surface area contributed by atoms with Crippen molar-refractivity contribution in [3.05, 3.63) is 39.4 Å². The maximum Gasteiger partial charge on any atom is 0.341 e. The number of rotatable bonds is 4. The maximum absolute atomic E-state index is 13.5. The fourth-order valence-corrected chi connectivity index (χ4v) is 1.82. The van der Waals surface area contributed by atoms with E-state index in [9.17, 15) is 23.7 Å². The van der Waals surface area contributed by atoms with E-state index in [1.165, 1.54) is 0 Å². The minimum atomic E-state index is -1.28. The number of ether oxygens (including phenoxy) is 2. The molecule has 1 atom stereocenters. The van der Waals surface area contributed by atoms with Crippen LogP contribution in [0.5, 0.6) is 0 Å². The van der Waals surface area contributed by atoms with Gasteiger partial charge in [0.1, 0.15) is 5.82 Å². The SMILES string of the molecule is O=C(OCC1CCOC1)c1cc(F)c([N+](=O)[O-])cc1F. The lowest BCUT2D eigenvalue weighted by molar-refractivity contribution is -0.387. The first-order valence-corrected chi connectivity index (χ1v) is 5.87. The van der Waals surface area contributed by atoms with Crippen molar-refractivity contribution in [2.75, 3.05) is 19.8 Å². The van der Waals surface area contributed by atoms with E-state index in [0.29, 0.717) is 25.3 Å². The molecule has 1 aromatic carbocycles. The van der Waals surface area contributed by atoms with Gasteiger partial charge in [-0.3, -0.25) is 10.1 Å².